The van der Waals surface area contributed by atoms with Gasteiger partial charge in [-0.3, -0.25) is 4.98 Å². The van der Waals surface area contributed by atoms with E-state index in [1.165, 1.54) is 0 Å². The standard InChI is InChI=1S/C24H20N6O/c1-17-20(8-13-31-17)23-21(18-6-9-25-10-7-18)15-28-24(29-23)27-14-19-4-2-3-5-22(19)30-12-11-26-16-30/h2-13,15-16H,14H2,1H3,(H,27,28,29). The molecule has 0 atom stereocenters. The SMILES string of the molecule is Cc1occc1-c1nc(NCc2ccccc2-n2ccnc2)ncc1-c1ccncc1. The molecule has 0 aliphatic carbocycles. The van der Waals surface area contributed by atoms with Crippen molar-refractivity contribution in [2.75, 3.05) is 5.32 Å². The van der Waals surface area contributed by atoms with Crippen molar-refractivity contribution < 1.29 is 4.42 Å². The zero-order chi connectivity index (χ0) is 21.0. The number of imidazole rings is 1. The van der Waals surface area contributed by atoms with Gasteiger partial charge in [-0.25, -0.2) is 15.0 Å². The third kappa shape index (κ3) is 3.81. The molecule has 4 aromatic heterocycles. The molecular formula is C24H20N6O. The first-order chi connectivity index (χ1) is 15.3. The lowest BCUT2D eigenvalue weighted by Gasteiger charge is -2.13. The van der Waals surface area contributed by atoms with Crippen molar-refractivity contribution in [1.82, 2.24) is 24.5 Å². The molecule has 0 saturated heterocycles. The smallest absolute Gasteiger partial charge is 0.223 e. The molecule has 0 fully saturated rings. The highest BCUT2D eigenvalue weighted by atomic mass is 16.3. The minimum Gasteiger partial charge on any atom is -0.469 e. The highest BCUT2D eigenvalue weighted by molar-refractivity contribution is 5.81. The molecule has 4 heterocycles. The number of anilines is 1. The van der Waals surface area contributed by atoms with Gasteiger partial charge in [0.25, 0.3) is 0 Å². The van der Waals surface area contributed by atoms with Crippen LogP contribution < -0.4 is 5.32 Å². The van der Waals surface area contributed by atoms with Gasteiger partial charge in [0.05, 0.1) is 24.0 Å². The van der Waals surface area contributed by atoms with E-state index in [1.807, 2.05) is 54.2 Å². The first kappa shape index (κ1) is 18.7. The van der Waals surface area contributed by atoms with E-state index in [9.17, 15) is 0 Å². The number of rotatable bonds is 6. The van der Waals surface area contributed by atoms with Gasteiger partial charge >= 0.3 is 0 Å². The number of benzene rings is 1. The summed E-state index contributed by atoms with van der Waals surface area (Å²) in [6.45, 7) is 2.51. The van der Waals surface area contributed by atoms with Crippen molar-refractivity contribution in [3.8, 4) is 28.1 Å². The van der Waals surface area contributed by atoms with Crippen LogP contribution in [0.1, 0.15) is 11.3 Å². The Morgan fingerprint density at radius 1 is 0.968 bits per heavy atom. The largest absolute Gasteiger partial charge is 0.469 e. The van der Waals surface area contributed by atoms with Gasteiger partial charge in [0.2, 0.25) is 5.95 Å². The maximum atomic E-state index is 5.53. The average molecular weight is 408 g/mol. The molecule has 0 saturated carbocycles. The zero-order valence-corrected chi connectivity index (χ0v) is 16.9. The van der Waals surface area contributed by atoms with Crippen LogP contribution in [0.5, 0.6) is 0 Å². The molecule has 5 rings (SSSR count). The number of hydrogen-bond acceptors (Lipinski definition) is 6. The molecule has 7 nitrogen and oxygen atoms in total. The van der Waals surface area contributed by atoms with Gasteiger partial charge in [0.1, 0.15) is 5.76 Å². The first-order valence-electron chi connectivity index (χ1n) is 9.91. The Bertz CT molecular complexity index is 1290. The number of aromatic nitrogens is 5. The monoisotopic (exact) mass is 408 g/mol. The Morgan fingerprint density at radius 3 is 2.61 bits per heavy atom. The molecule has 0 aliphatic heterocycles. The van der Waals surface area contributed by atoms with Crippen LogP contribution in [0.3, 0.4) is 0 Å². The van der Waals surface area contributed by atoms with E-state index in [4.69, 9.17) is 9.40 Å². The minimum atomic E-state index is 0.550. The zero-order valence-electron chi connectivity index (χ0n) is 16.9. The first-order valence-corrected chi connectivity index (χ1v) is 9.91. The number of para-hydroxylation sites is 1. The van der Waals surface area contributed by atoms with Gasteiger partial charge in [-0.05, 0) is 42.3 Å². The number of furan rings is 1. The molecule has 1 aromatic carbocycles. The van der Waals surface area contributed by atoms with Gasteiger partial charge in [-0.2, -0.15) is 0 Å². The van der Waals surface area contributed by atoms with Crippen molar-refractivity contribution in [2.24, 2.45) is 0 Å². The van der Waals surface area contributed by atoms with Gasteiger partial charge < -0.3 is 14.3 Å². The van der Waals surface area contributed by atoms with E-state index in [0.29, 0.717) is 12.5 Å². The Hall–Kier alpha value is -4.26. The lowest BCUT2D eigenvalue weighted by molar-refractivity contribution is 0.535. The molecule has 0 radical (unpaired) electrons. The summed E-state index contributed by atoms with van der Waals surface area (Å²) in [5, 5.41) is 3.36. The number of nitrogens with one attached hydrogen (secondary N) is 1. The summed E-state index contributed by atoms with van der Waals surface area (Å²) in [6.07, 6.45) is 12.5. The summed E-state index contributed by atoms with van der Waals surface area (Å²) in [5.41, 5.74) is 5.86. The average Bonchev–Trinajstić information content (AvgIpc) is 3.50. The molecule has 0 unspecified atom stereocenters. The van der Waals surface area contributed by atoms with Crippen LogP contribution in [-0.4, -0.2) is 24.5 Å². The second kappa shape index (κ2) is 8.23. The van der Waals surface area contributed by atoms with Crippen molar-refractivity contribution in [2.45, 2.75) is 13.5 Å². The lowest BCUT2D eigenvalue weighted by Crippen LogP contribution is -2.07. The predicted molar refractivity (Wildman–Crippen MR) is 119 cm³/mol. The van der Waals surface area contributed by atoms with Crippen LogP contribution in [0, 0.1) is 6.92 Å². The summed E-state index contributed by atoms with van der Waals surface area (Å²) in [5.74, 6) is 1.36. The molecular weight excluding hydrogens is 388 g/mol. The van der Waals surface area contributed by atoms with E-state index < -0.39 is 0 Å². The molecule has 31 heavy (non-hydrogen) atoms. The number of nitrogens with zero attached hydrogens (tertiary/aromatic N) is 5. The molecule has 0 bridgehead atoms. The highest BCUT2D eigenvalue weighted by Gasteiger charge is 2.15. The third-order valence-electron chi connectivity index (χ3n) is 5.11. The predicted octanol–water partition coefficient (Wildman–Crippen LogP) is 4.90. The van der Waals surface area contributed by atoms with Crippen LogP contribution in [0.15, 0.2) is 90.5 Å². The summed E-state index contributed by atoms with van der Waals surface area (Å²) in [6, 6.07) is 14.0. The summed E-state index contributed by atoms with van der Waals surface area (Å²) < 4.78 is 7.52. The molecule has 1 N–H and O–H groups in total. The number of aryl methyl sites for hydroxylation is 1. The summed E-state index contributed by atoms with van der Waals surface area (Å²) in [7, 11) is 0. The maximum absolute atomic E-state index is 5.53. The molecule has 0 amide bonds. The fraction of sp³-hybridized carbons (Fsp3) is 0.0833. The quantitative estimate of drug-likeness (QED) is 0.430. The minimum absolute atomic E-state index is 0.550. The third-order valence-corrected chi connectivity index (χ3v) is 5.11. The van der Waals surface area contributed by atoms with Crippen LogP contribution in [0.4, 0.5) is 5.95 Å². The van der Waals surface area contributed by atoms with Crippen molar-refractivity contribution >= 4 is 5.95 Å². The summed E-state index contributed by atoms with van der Waals surface area (Å²) in [4.78, 5) is 17.7. The van der Waals surface area contributed by atoms with E-state index >= 15 is 0 Å². The fourth-order valence-electron chi connectivity index (χ4n) is 3.53. The van der Waals surface area contributed by atoms with Gasteiger partial charge in [0, 0.05) is 48.7 Å². The topological polar surface area (TPSA) is 81.7 Å². The van der Waals surface area contributed by atoms with Gasteiger partial charge in [-0.15, -0.1) is 0 Å². The Labute approximate surface area is 179 Å². The molecule has 7 heteroatoms. The lowest BCUT2D eigenvalue weighted by atomic mass is 10.0. The fourth-order valence-corrected chi connectivity index (χ4v) is 3.53. The van der Waals surface area contributed by atoms with Crippen LogP contribution >= 0.6 is 0 Å². The second-order valence-corrected chi connectivity index (χ2v) is 7.03. The molecule has 0 aliphatic rings. The van der Waals surface area contributed by atoms with Gasteiger partial charge in [0.15, 0.2) is 0 Å². The second-order valence-electron chi connectivity index (χ2n) is 7.03. The van der Waals surface area contributed by atoms with E-state index in [2.05, 4.69) is 32.4 Å². The molecule has 152 valence electrons. The summed E-state index contributed by atoms with van der Waals surface area (Å²) >= 11 is 0. The molecule has 0 spiro atoms. The van der Waals surface area contributed by atoms with Crippen molar-refractivity contribution in [3.63, 3.8) is 0 Å². The van der Waals surface area contributed by atoms with E-state index in [0.717, 1.165) is 39.4 Å². The Morgan fingerprint density at radius 2 is 1.84 bits per heavy atom. The highest BCUT2D eigenvalue weighted by Crippen LogP contribution is 2.33. The van der Waals surface area contributed by atoms with Crippen molar-refractivity contribution in [1.29, 1.82) is 0 Å². The van der Waals surface area contributed by atoms with Crippen LogP contribution in [-0.2, 0) is 6.54 Å². The van der Waals surface area contributed by atoms with E-state index in [1.54, 1.807) is 31.2 Å². The molecule has 5 aromatic rings. The maximum Gasteiger partial charge on any atom is 0.223 e. The Kier molecular flexibility index (Phi) is 4.98. The van der Waals surface area contributed by atoms with E-state index in [-0.39, 0.29) is 0 Å². The number of pyridine rings is 1. The van der Waals surface area contributed by atoms with Crippen molar-refractivity contribution in [3.05, 3.63) is 97.4 Å². The van der Waals surface area contributed by atoms with Gasteiger partial charge in [-0.1, -0.05) is 18.2 Å². The van der Waals surface area contributed by atoms with Crippen LogP contribution in [0.2, 0.25) is 0 Å². The van der Waals surface area contributed by atoms with Crippen LogP contribution in [0.25, 0.3) is 28.1 Å². The number of hydrogen-bond donors (Lipinski definition) is 1. The Balaban J connectivity index is 1.49. The normalized spacial score (nSPS) is 10.9.